The second kappa shape index (κ2) is 10.5. The molecule has 0 atom stereocenters. The number of anilines is 1. The minimum absolute atomic E-state index is 0.0254. The summed E-state index contributed by atoms with van der Waals surface area (Å²) in [5, 5.41) is 2.90. The zero-order chi connectivity index (χ0) is 20.5. The van der Waals surface area contributed by atoms with Gasteiger partial charge < -0.3 is 15.0 Å². The van der Waals surface area contributed by atoms with Crippen molar-refractivity contribution in [1.29, 1.82) is 0 Å². The minimum Gasteiger partial charge on any atom is -0.497 e. The van der Waals surface area contributed by atoms with Crippen LogP contribution in [0.15, 0.2) is 48.5 Å². The van der Waals surface area contributed by atoms with Gasteiger partial charge >= 0.3 is 0 Å². The smallest absolute Gasteiger partial charge is 0.226 e. The van der Waals surface area contributed by atoms with Crippen LogP contribution in [0.3, 0.4) is 0 Å². The van der Waals surface area contributed by atoms with Crippen molar-refractivity contribution < 1.29 is 14.3 Å². The summed E-state index contributed by atoms with van der Waals surface area (Å²) in [6.07, 6.45) is 1.01. The fourth-order valence-electron chi connectivity index (χ4n) is 2.89. The first kappa shape index (κ1) is 21.5. The van der Waals surface area contributed by atoms with E-state index in [1.807, 2.05) is 48.5 Å². The van der Waals surface area contributed by atoms with Crippen molar-refractivity contribution in [1.82, 2.24) is 4.90 Å². The average molecular weight is 383 g/mol. The molecule has 0 fully saturated rings. The fourth-order valence-corrected chi connectivity index (χ4v) is 2.89. The highest BCUT2D eigenvalue weighted by molar-refractivity contribution is 5.91. The molecule has 1 N–H and O–H groups in total. The van der Waals surface area contributed by atoms with Crippen LogP contribution in [0.4, 0.5) is 5.69 Å². The Kier molecular flexibility index (Phi) is 8.05. The summed E-state index contributed by atoms with van der Waals surface area (Å²) in [7, 11) is 1.64. The van der Waals surface area contributed by atoms with Gasteiger partial charge in [-0.25, -0.2) is 0 Å². The lowest BCUT2D eigenvalue weighted by atomic mass is 10.0. The van der Waals surface area contributed by atoms with Crippen LogP contribution in [0.1, 0.15) is 44.2 Å². The van der Waals surface area contributed by atoms with Crippen LogP contribution >= 0.6 is 0 Å². The molecular formula is C23H30N2O3. The first-order valence-corrected chi connectivity index (χ1v) is 9.67. The lowest BCUT2D eigenvalue weighted by Gasteiger charge is -2.21. The molecule has 0 aliphatic heterocycles. The third-order valence-corrected chi connectivity index (χ3v) is 4.74. The van der Waals surface area contributed by atoms with E-state index >= 15 is 0 Å². The molecule has 28 heavy (non-hydrogen) atoms. The number of hydrogen-bond acceptors (Lipinski definition) is 3. The molecular weight excluding hydrogens is 352 g/mol. The number of carbonyl (C=O) groups excluding carboxylic acids is 2. The van der Waals surface area contributed by atoms with Gasteiger partial charge in [-0.1, -0.05) is 38.1 Å². The molecule has 5 nitrogen and oxygen atoms in total. The number of amides is 2. The number of carbonyl (C=O) groups is 2. The van der Waals surface area contributed by atoms with E-state index < -0.39 is 0 Å². The Morgan fingerprint density at radius 2 is 1.64 bits per heavy atom. The standard InChI is InChI=1S/C23H30N2O3/c1-17(2)20-7-9-21(10-8-20)24-23(27)14-16-25(18(3)26)15-13-19-5-11-22(28-4)12-6-19/h5-12,17H,13-16H2,1-4H3,(H,24,27). The first-order chi connectivity index (χ1) is 13.4. The van der Waals surface area contributed by atoms with E-state index in [0.717, 1.165) is 23.4 Å². The molecule has 0 heterocycles. The van der Waals surface area contributed by atoms with Gasteiger partial charge in [-0.2, -0.15) is 0 Å². The summed E-state index contributed by atoms with van der Waals surface area (Å²) in [4.78, 5) is 25.9. The van der Waals surface area contributed by atoms with Crippen molar-refractivity contribution in [2.75, 3.05) is 25.5 Å². The Hall–Kier alpha value is -2.82. The fraction of sp³-hybridized carbons (Fsp3) is 0.391. The minimum atomic E-state index is -0.0898. The maximum absolute atomic E-state index is 12.2. The van der Waals surface area contributed by atoms with Gasteiger partial charge in [-0.15, -0.1) is 0 Å². The van der Waals surface area contributed by atoms with Crippen LogP contribution in [0.2, 0.25) is 0 Å². The van der Waals surface area contributed by atoms with Crippen LogP contribution in [0, 0.1) is 0 Å². The quantitative estimate of drug-likeness (QED) is 0.706. The van der Waals surface area contributed by atoms with Crippen LogP contribution in [-0.4, -0.2) is 36.9 Å². The third kappa shape index (κ3) is 6.72. The molecule has 0 aliphatic rings. The summed E-state index contributed by atoms with van der Waals surface area (Å²) < 4.78 is 5.16. The normalized spacial score (nSPS) is 10.6. The SMILES string of the molecule is COc1ccc(CCN(CCC(=O)Nc2ccc(C(C)C)cc2)C(C)=O)cc1. The molecule has 0 radical (unpaired) electrons. The molecule has 0 aromatic heterocycles. The van der Waals surface area contributed by atoms with Gasteiger partial charge in [0.25, 0.3) is 0 Å². The van der Waals surface area contributed by atoms with E-state index in [0.29, 0.717) is 19.0 Å². The summed E-state index contributed by atoms with van der Waals surface area (Å²) in [6, 6.07) is 15.7. The average Bonchev–Trinajstić information content (AvgIpc) is 2.68. The van der Waals surface area contributed by atoms with Crippen molar-refractivity contribution in [2.24, 2.45) is 0 Å². The highest BCUT2D eigenvalue weighted by Gasteiger charge is 2.12. The lowest BCUT2D eigenvalue weighted by molar-refractivity contribution is -0.129. The number of nitrogens with one attached hydrogen (secondary N) is 1. The second-order valence-electron chi connectivity index (χ2n) is 7.18. The monoisotopic (exact) mass is 382 g/mol. The Bertz CT molecular complexity index is 767. The number of ether oxygens (including phenoxy) is 1. The Labute approximate surface area is 167 Å². The van der Waals surface area contributed by atoms with Gasteiger partial charge in [0.2, 0.25) is 11.8 Å². The predicted octanol–water partition coefficient (Wildman–Crippen LogP) is 4.24. The van der Waals surface area contributed by atoms with E-state index in [1.54, 1.807) is 12.0 Å². The number of nitrogens with zero attached hydrogens (tertiary/aromatic N) is 1. The van der Waals surface area contributed by atoms with E-state index in [4.69, 9.17) is 4.74 Å². The Morgan fingerprint density at radius 3 is 2.18 bits per heavy atom. The first-order valence-electron chi connectivity index (χ1n) is 9.67. The van der Waals surface area contributed by atoms with E-state index in [2.05, 4.69) is 19.2 Å². The summed E-state index contributed by atoms with van der Waals surface area (Å²) in [5.74, 6) is 1.15. The molecule has 0 spiro atoms. The van der Waals surface area contributed by atoms with Gasteiger partial charge in [0.1, 0.15) is 5.75 Å². The highest BCUT2D eigenvalue weighted by atomic mass is 16.5. The van der Waals surface area contributed by atoms with Crippen molar-refractivity contribution in [3.8, 4) is 5.75 Å². The molecule has 150 valence electrons. The van der Waals surface area contributed by atoms with Gasteiger partial charge in [0.15, 0.2) is 0 Å². The maximum atomic E-state index is 12.2. The topological polar surface area (TPSA) is 58.6 Å². The third-order valence-electron chi connectivity index (χ3n) is 4.74. The van der Waals surface area contributed by atoms with E-state index in [-0.39, 0.29) is 18.2 Å². The number of methoxy groups -OCH3 is 1. The van der Waals surface area contributed by atoms with Crippen molar-refractivity contribution in [2.45, 2.75) is 39.5 Å². The molecule has 2 amide bonds. The van der Waals surface area contributed by atoms with Crippen LogP contribution in [0.5, 0.6) is 5.75 Å². The van der Waals surface area contributed by atoms with Crippen LogP contribution in [-0.2, 0) is 16.0 Å². The molecule has 0 aliphatic carbocycles. The maximum Gasteiger partial charge on any atom is 0.226 e. The highest BCUT2D eigenvalue weighted by Crippen LogP contribution is 2.17. The molecule has 0 bridgehead atoms. The zero-order valence-electron chi connectivity index (χ0n) is 17.2. The summed E-state index contributed by atoms with van der Waals surface area (Å²) >= 11 is 0. The van der Waals surface area contributed by atoms with Crippen molar-refractivity contribution >= 4 is 17.5 Å². The van der Waals surface area contributed by atoms with Crippen LogP contribution in [0.25, 0.3) is 0 Å². The van der Waals surface area contributed by atoms with Crippen LogP contribution < -0.4 is 10.1 Å². The van der Waals surface area contributed by atoms with Crippen molar-refractivity contribution in [3.63, 3.8) is 0 Å². The Balaban J connectivity index is 1.82. The van der Waals surface area contributed by atoms with Gasteiger partial charge in [-0.05, 0) is 47.7 Å². The molecule has 5 heteroatoms. The number of rotatable bonds is 9. The van der Waals surface area contributed by atoms with E-state index in [9.17, 15) is 9.59 Å². The number of benzene rings is 2. The molecule has 0 unspecified atom stereocenters. The van der Waals surface area contributed by atoms with Crippen molar-refractivity contribution in [3.05, 3.63) is 59.7 Å². The van der Waals surface area contributed by atoms with Gasteiger partial charge in [0, 0.05) is 32.1 Å². The molecule has 2 rings (SSSR count). The van der Waals surface area contributed by atoms with Gasteiger partial charge in [-0.3, -0.25) is 9.59 Å². The molecule has 2 aromatic carbocycles. The molecule has 0 saturated carbocycles. The number of hydrogen-bond donors (Lipinski definition) is 1. The van der Waals surface area contributed by atoms with E-state index in [1.165, 1.54) is 12.5 Å². The molecule has 2 aromatic rings. The molecule has 0 saturated heterocycles. The lowest BCUT2D eigenvalue weighted by Crippen LogP contribution is -2.33. The second-order valence-corrected chi connectivity index (χ2v) is 7.18. The summed E-state index contributed by atoms with van der Waals surface area (Å²) in [5.41, 5.74) is 3.14. The Morgan fingerprint density at radius 1 is 1.00 bits per heavy atom. The zero-order valence-corrected chi connectivity index (χ0v) is 17.2. The predicted molar refractivity (Wildman–Crippen MR) is 113 cm³/mol. The summed E-state index contributed by atoms with van der Waals surface area (Å²) in [6.45, 7) is 6.79. The van der Waals surface area contributed by atoms with Gasteiger partial charge in [0.05, 0.1) is 7.11 Å². The largest absolute Gasteiger partial charge is 0.497 e.